The maximum Gasteiger partial charge on any atom is 0.217 e. The highest BCUT2D eigenvalue weighted by atomic mass is 16.8. The zero-order valence-corrected chi connectivity index (χ0v) is 19.5. The zero-order chi connectivity index (χ0) is 24.3. The minimum atomic E-state index is -1.45. The lowest BCUT2D eigenvalue weighted by molar-refractivity contribution is -0.280. The maximum atomic E-state index is 11.6. The van der Waals surface area contributed by atoms with Gasteiger partial charge in [0.2, 0.25) is 5.91 Å². The van der Waals surface area contributed by atoms with E-state index in [1.54, 1.807) is 13.8 Å². The average Bonchev–Trinajstić information content (AvgIpc) is 3.22. The Kier molecular flexibility index (Phi) is 9.06. The number of hydrogen-bond acceptors (Lipinski definition) is 11. The summed E-state index contributed by atoms with van der Waals surface area (Å²) in [6, 6.07) is -1.11. The minimum Gasteiger partial charge on any atom is -0.394 e. The molecule has 10 atom stereocenters. The third-order valence-electron chi connectivity index (χ3n) is 5.90. The van der Waals surface area contributed by atoms with E-state index in [0.29, 0.717) is 6.61 Å². The van der Waals surface area contributed by atoms with Gasteiger partial charge in [-0.05, 0) is 20.3 Å². The second kappa shape index (κ2) is 11.2. The molecule has 1 amide bonds. The predicted octanol–water partition coefficient (Wildman–Crippen LogP) is -1.63. The van der Waals surface area contributed by atoms with E-state index in [1.807, 2.05) is 6.92 Å². The summed E-state index contributed by atoms with van der Waals surface area (Å²) in [5.41, 5.74) is 0. The van der Waals surface area contributed by atoms with E-state index < -0.39 is 79.7 Å². The molecule has 3 aliphatic heterocycles. The van der Waals surface area contributed by atoms with Gasteiger partial charge in [-0.25, -0.2) is 0 Å². The van der Waals surface area contributed by atoms with Crippen LogP contribution in [0.5, 0.6) is 0 Å². The van der Waals surface area contributed by atoms with E-state index in [1.165, 1.54) is 6.92 Å². The number of unbranched alkanes of at least 4 members (excludes halogenated alkanes) is 1. The Hall–Kier alpha value is -0.930. The smallest absolute Gasteiger partial charge is 0.217 e. The van der Waals surface area contributed by atoms with Crippen LogP contribution in [0.15, 0.2) is 0 Å². The largest absolute Gasteiger partial charge is 0.394 e. The molecule has 12 nitrogen and oxygen atoms in total. The second-order valence-electron chi connectivity index (χ2n) is 9.09. The molecule has 0 aromatic heterocycles. The first-order valence-corrected chi connectivity index (χ1v) is 11.4. The van der Waals surface area contributed by atoms with E-state index in [0.717, 1.165) is 12.8 Å². The molecular formula is C21H37NO11. The molecule has 192 valence electrons. The molecule has 3 fully saturated rings. The molecule has 3 aliphatic rings. The molecule has 0 bridgehead atoms. The fourth-order valence-electron chi connectivity index (χ4n) is 4.27. The van der Waals surface area contributed by atoms with Gasteiger partial charge in [-0.15, -0.1) is 0 Å². The Balaban J connectivity index is 1.65. The number of hydrogen-bond donors (Lipinski definition) is 5. The highest BCUT2D eigenvalue weighted by molar-refractivity contribution is 5.73. The van der Waals surface area contributed by atoms with Crippen molar-refractivity contribution in [1.82, 2.24) is 5.32 Å². The lowest BCUT2D eigenvalue weighted by atomic mass is 9.97. The standard InChI is InChI=1S/C21H37NO11/c1-5-6-7-28-17-16(31-20-18(17)32-21(3,4)33-20)11(25)9-29-19-13(22-10(2)24)15(27)14(26)12(8-23)30-19/h11-20,23,25-27H,5-9H2,1-4H3,(H,22,24)/t11-,12-,13+,14+,15-,16+,17-,18-,19-,20-/m1/s1. The molecule has 0 saturated carbocycles. The summed E-state index contributed by atoms with van der Waals surface area (Å²) >= 11 is 0. The van der Waals surface area contributed by atoms with Crippen LogP contribution >= 0.6 is 0 Å². The van der Waals surface area contributed by atoms with Gasteiger partial charge in [0.05, 0.1) is 13.2 Å². The zero-order valence-electron chi connectivity index (χ0n) is 19.5. The van der Waals surface area contributed by atoms with Crippen LogP contribution in [0.3, 0.4) is 0 Å². The summed E-state index contributed by atoms with van der Waals surface area (Å²) in [7, 11) is 0. The van der Waals surface area contributed by atoms with Gasteiger partial charge in [0, 0.05) is 13.5 Å². The summed E-state index contributed by atoms with van der Waals surface area (Å²) in [6.07, 6.45) is -7.30. The number of nitrogens with one attached hydrogen (secondary N) is 1. The fraction of sp³-hybridized carbons (Fsp3) is 0.952. The molecule has 0 spiro atoms. The number of fused-ring (bicyclic) bond motifs is 1. The summed E-state index contributed by atoms with van der Waals surface area (Å²) in [5, 5.41) is 43.3. The summed E-state index contributed by atoms with van der Waals surface area (Å²) in [5.74, 6) is -1.31. The number of carbonyl (C=O) groups excluding carboxylic acids is 1. The molecule has 0 aromatic rings. The first kappa shape index (κ1) is 26.7. The molecule has 0 radical (unpaired) electrons. The van der Waals surface area contributed by atoms with Crippen molar-refractivity contribution in [2.24, 2.45) is 0 Å². The minimum absolute atomic E-state index is 0.303. The van der Waals surface area contributed by atoms with Gasteiger partial charge in [-0.2, -0.15) is 0 Å². The third-order valence-corrected chi connectivity index (χ3v) is 5.90. The van der Waals surface area contributed by atoms with Crippen LogP contribution in [0.1, 0.15) is 40.5 Å². The van der Waals surface area contributed by atoms with Gasteiger partial charge < -0.3 is 54.2 Å². The quantitative estimate of drug-likeness (QED) is 0.228. The van der Waals surface area contributed by atoms with Crippen LogP contribution in [0.4, 0.5) is 0 Å². The molecule has 0 aromatic carbocycles. The Labute approximate surface area is 193 Å². The van der Waals surface area contributed by atoms with Crippen molar-refractivity contribution in [1.29, 1.82) is 0 Å². The lowest BCUT2D eigenvalue weighted by Crippen LogP contribution is -2.64. The van der Waals surface area contributed by atoms with E-state index >= 15 is 0 Å². The molecule has 0 unspecified atom stereocenters. The Morgan fingerprint density at radius 1 is 1.15 bits per heavy atom. The summed E-state index contributed by atoms with van der Waals surface area (Å²) < 4.78 is 34.8. The van der Waals surface area contributed by atoms with Crippen molar-refractivity contribution in [2.45, 2.75) is 108 Å². The van der Waals surface area contributed by atoms with Crippen molar-refractivity contribution in [3.05, 3.63) is 0 Å². The van der Waals surface area contributed by atoms with Crippen molar-refractivity contribution < 1.29 is 53.6 Å². The van der Waals surface area contributed by atoms with Crippen LogP contribution in [0, 0.1) is 0 Å². The highest BCUT2D eigenvalue weighted by Crippen LogP contribution is 2.40. The monoisotopic (exact) mass is 479 g/mol. The van der Waals surface area contributed by atoms with Crippen molar-refractivity contribution in [3.8, 4) is 0 Å². The fourth-order valence-corrected chi connectivity index (χ4v) is 4.27. The van der Waals surface area contributed by atoms with Crippen LogP contribution in [-0.2, 0) is 33.2 Å². The van der Waals surface area contributed by atoms with Gasteiger partial charge >= 0.3 is 0 Å². The number of carbonyl (C=O) groups is 1. The normalized spacial score (nSPS) is 41.0. The molecular weight excluding hydrogens is 442 g/mol. The summed E-state index contributed by atoms with van der Waals surface area (Å²) in [4.78, 5) is 11.6. The highest BCUT2D eigenvalue weighted by Gasteiger charge is 2.57. The van der Waals surface area contributed by atoms with Gasteiger partial charge in [0.15, 0.2) is 18.4 Å². The topological polar surface area (TPSA) is 165 Å². The Morgan fingerprint density at radius 2 is 1.88 bits per heavy atom. The van der Waals surface area contributed by atoms with Gasteiger partial charge in [-0.1, -0.05) is 13.3 Å². The van der Waals surface area contributed by atoms with Crippen molar-refractivity contribution in [3.63, 3.8) is 0 Å². The summed E-state index contributed by atoms with van der Waals surface area (Å²) in [6.45, 7) is 6.41. The Morgan fingerprint density at radius 3 is 2.52 bits per heavy atom. The van der Waals surface area contributed by atoms with Crippen molar-refractivity contribution >= 4 is 5.91 Å². The first-order valence-electron chi connectivity index (χ1n) is 11.4. The van der Waals surface area contributed by atoms with E-state index in [2.05, 4.69) is 5.32 Å². The van der Waals surface area contributed by atoms with Crippen LogP contribution in [0.2, 0.25) is 0 Å². The van der Waals surface area contributed by atoms with E-state index in [-0.39, 0.29) is 6.61 Å². The van der Waals surface area contributed by atoms with E-state index in [9.17, 15) is 25.2 Å². The van der Waals surface area contributed by atoms with Crippen LogP contribution in [-0.4, -0.2) is 113 Å². The lowest BCUT2D eigenvalue weighted by Gasteiger charge is -2.42. The number of ether oxygens (including phenoxy) is 6. The number of rotatable bonds is 10. The average molecular weight is 480 g/mol. The maximum absolute atomic E-state index is 11.6. The molecule has 33 heavy (non-hydrogen) atoms. The Bertz CT molecular complexity index is 650. The van der Waals surface area contributed by atoms with Gasteiger partial charge in [0.1, 0.15) is 48.8 Å². The molecule has 3 saturated heterocycles. The molecule has 0 aliphatic carbocycles. The first-order chi connectivity index (χ1) is 15.6. The molecule has 5 N–H and O–H groups in total. The van der Waals surface area contributed by atoms with Crippen LogP contribution in [0.25, 0.3) is 0 Å². The van der Waals surface area contributed by atoms with Crippen LogP contribution < -0.4 is 5.32 Å². The second-order valence-corrected chi connectivity index (χ2v) is 9.09. The number of amides is 1. The number of aliphatic hydroxyl groups excluding tert-OH is 4. The molecule has 3 rings (SSSR count). The predicted molar refractivity (Wildman–Crippen MR) is 111 cm³/mol. The SMILES string of the molecule is CCCCO[C@@H]1[C@H]([C@H](O)CO[C@@H]2O[C@H](CO)[C@H](O)[C@H](O)[C@@H]2NC(C)=O)O[C@@H]2OC(C)(C)O[C@@H]21. The third kappa shape index (κ3) is 6.20. The van der Waals surface area contributed by atoms with Crippen molar-refractivity contribution in [2.75, 3.05) is 19.8 Å². The van der Waals surface area contributed by atoms with Gasteiger partial charge in [0.25, 0.3) is 0 Å². The molecule has 12 heteroatoms. The molecule has 3 heterocycles. The van der Waals surface area contributed by atoms with Gasteiger partial charge in [-0.3, -0.25) is 4.79 Å². The number of aliphatic hydroxyl groups is 4. The van der Waals surface area contributed by atoms with E-state index in [4.69, 9.17) is 28.4 Å².